The molecule has 0 bridgehead atoms. The third kappa shape index (κ3) is 2.81. The number of anilines is 1. The maximum absolute atomic E-state index is 11.8. The Morgan fingerprint density at radius 2 is 2.15 bits per heavy atom. The van der Waals surface area contributed by atoms with Crippen LogP contribution in [0.4, 0.5) is 5.82 Å². The summed E-state index contributed by atoms with van der Waals surface area (Å²) in [7, 11) is 0. The zero-order chi connectivity index (χ0) is 14.2. The molecule has 3 N–H and O–H groups in total. The van der Waals surface area contributed by atoms with Crippen LogP contribution in [0.15, 0.2) is 18.3 Å². The molecule has 6 nitrogen and oxygen atoms in total. The Balaban J connectivity index is 0.00000200. The van der Waals surface area contributed by atoms with Gasteiger partial charge in [0.05, 0.1) is 11.5 Å². The molecule has 1 aromatic heterocycles. The summed E-state index contributed by atoms with van der Waals surface area (Å²) in [5.41, 5.74) is 0.0772. The minimum absolute atomic E-state index is 0. The highest BCUT2D eigenvalue weighted by molar-refractivity contribution is 5.97. The number of nitrogens with zero attached hydrogens (tertiary/aromatic N) is 1. The van der Waals surface area contributed by atoms with Crippen LogP contribution < -0.4 is 5.32 Å². The Bertz CT molecular complexity index is 584. The number of pyridine rings is 1. The quantitative estimate of drug-likeness (QED) is 0.720. The van der Waals surface area contributed by atoms with E-state index in [9.17, 15) is 14.7 Å². The number of aromatic nitrogens is 1. The van der Waals surface area contributed by atoms with Crippen molar-refractivity contribution in [1.29, 1.82) is 0 Å². The molecule has 0 saturated carbocycles. The monoisotopic (exact) mass is 298 g/mol. The molecule has 0 fully saturated rings. The second-order valence-corrected chi connectivity index (χ2v) is 4.96. The van der Waals surface area contributed by atoms with Crippen molar-refractivity contribution in [2.45, 2.75) is 20.0 Å². The van der Waals surface area contributed by atoms with Crippen LogP contribution in [-0.2, 0) is 9.59 Å². The lowest BCUT2D eigenvalue weighted by molar-refractivity contribution is -0.132. The molecule has 2 rings (SSSR count). The Kier molecular flexibility index (Phi) is 4.52. The molecule has 0 aliphatic carbocycles. The van der Waals surface area contributed by atoms with Crippen molar-refractivity contribution in [3.63, 3.8) is 0 Å². The summed E-state index contributed by atoms with van der Waals surface area (Å²) in [4.78, 5) is 26.3. The first-order valence-corrected chi connectivity index (χ1v) is 5.73. The number of amides is 1. The van der Waals surface area contributed by atoms with Crippen molar-refractivity contribution in [3.05, 3.63) is 29.5 Å². The fourth-order valence-corrected chi connectivity index (χ4v) is 1.85. The second kappa shape index (κ2) is 5.60. The first kappa shape index (κ1) is 16.1. The van der Waals surface area contributed by atoms with Gasteiger partial charge >= 0.3 is 5.97 Å². The fourth-order valence-electron chi connectivity index (χ4n) is 1.85. The number of fused-ring (bicyclic) bond motifs is 1. The van der Waals surface area contributed by atoms with Gasteiger partial charge in [-0.3, -0.25) is 4.79 Å². The molecule has 7 heteroatoms. The van der Waals surface area contributed by atoms with Crippen molar-refractivity contribution in [3.8, 4) is 0 Å². The minimum Gasteiger partial charge on any atom is -0.478 e. The molecule has 1 aliphatic rings. The molecule has 1 aliphatic heterocycles. The molecule has 0 radical (unpaired) electrons. The predicted octanol–water partition coefficient (Wildman–Crippen LogP) is 1.61. The van der Waals surface area contributed by atoms with E-state index in [1.54, 1.807) is 19.9 Å². The summed E-state index contributed by atoms with van der Waals surface area (Å²) >= 11 is 0. The van der Waals surface area contributed by atoms with Crippen molar-refractivity contribution in [1.82, 2.24) is 4.98 Å². The van der Waals surface area contributed by atoms with Gasteiger partial charge in [0.15, 0.2) is 0 Å². The molecule has 1 amide bonds. The number of hydrogen-bond donors (Lipinski definition) is 3. The lowest BCUT2D eigenvalue weighted by Gasteiger charge is -2.34. The Morgan fingerprint density at radius 3 is 2.75 bits per heavy atom. The number of carboxylic acid groups (broad SMARTS) is 1. The molecule has 0 saturated heterocycles. The highest BCUT2D eigenvalue weighted by atomic mass is 35.5. The number of aliphatic carboxylic acids is 1. The molecule has 1 atom stereocenters. The third-order valence-electron chi connectivity index (χ3n) is 3.15. The van der Waals surface area contributed by atoms with Crippen LogP contribution in [0, 0.1) is 5.41 Å². The van der Waals surface area contributed by atoms with E-state index in [4.69, 9.17) is 5.11 Å². The molecule has 20 heavy (non-hydrogen) atoms. The molecule has 108 valence electrons. The lowest BCUT2D eigenvalue weighted by atomic mass is 9.79. The van der Waals surface area contributed by atoms with E-state index >= 15 is 0 Å². The third-order valence-corrected chi connectivity index (χ3v) is 3.15. The SMILES string of the molecule is CC1(C)C(=O)Nc2ncc(/C=C/C(=O)O)cc2C1O.Cl. The van der Waals surface area contributed by atoms with E-state index in [1.807, 2.05) is 0 Å². The number of aliphatic hydroxyl groups excluding tert-OH is 1. The van der Waals surface area contributed by atoms with Crippen LogP contribution >= 0.6 is 12.4 Å². The standard InChI is InChI=1S/C13H14N2O4.ClH/c1-13(2)10(18)8-5-7(3-4-9(16)17)6-14-11(8)15-12(13)19;/h3-6,10,18H,1-2H3,(H,16,17)(H,14,15,19);1H/b4-3+;. The van der Waals surface area contributed by atoms with E-state index in [2.05, 4.69) is 10.3 Å². The molecular weight excluding hydrogens is 284 g/mol. The number of carboxylic acids is 1. The van der Waals surface area contributed by atoms with E-state index in [-0.39, 0.29) is 18.3 Å². The van der Waals surface area contributed by atoms with Gasteiger partial charge in [0, 0.05) is 17.8 Å². The van der Waals surface area contributed by atoms with Gasteiger partial charge in [0.1, 0.15) is 5.82 Å². The lowest BCUT2D eigenvalue weighted by Crippen LogP contribution is -2.41. The van der Waals surface area contributed by atoms with Gasteiger partial charge in [-0.15, -0.1) is 12.4 Å². The van der Waals surface area contributed by atoms with Gasteiger partial charge in [-0.2, -0.15) is 0 Å². The van der Waals surface area contributed by atoms with Gasteiger partial charge < -0.3 is 15.5 Å². The van der Waals surface area contributed by atoms with Crippen LogP contribution in [0.5, 0.6) is 0 Å². The number of rotatable bonds is 2. The summed E-state index contributed by atoms with van der Waals surface area (Å²) < 4.78 is 0. The molecule has 1 aromatic rings. The Hall–Kier alpha value is -1.92. The van der Waals surface area contributed by atoms with Crippen molar-refractivity contribution in [2.75, 3.05) is 5.32 Å². The number of hydrogen-bond acceptors (Lipinski definition) is 4. The Morgan fingerprint density at radius 1 is 1.50 bits per heavy atom. The zero-order valence-corrected chi connectivity index (χ0v) is 11.8. The molecule has 2 heterocycles. The summed E-state index contributed by atoms with van der Waals surface area (Å²) in [5, 5.41) is 21.4. The maximum Gasteiger partial charge on any atom is 0.328 e. The summed E-state index contributed by atoms with van der Waals surface area (Å²) in [6.45, 7) is 3.27. The Labute approximate surface area is 121 Å². The van der Waals surface area contributed by atoms with Crippen molar-refractivity contribution >= 4 is 36.2 Å². The second-order valence-electron chi connectivity index (χ2n) is 4.96. The minimum atomic E-state index is -1.06. The van der Waals surface area contributed by atoms with Crippen LogP contribution in [0.3, 0.4) is 0 Å². The summed E-state index contributed by atoms with van der Waals surface area (Å²) in [6.07, 6.45) is 2.82. The topological polar surface area (TPSA) is 99.5 Å². The molecule has 0 aromatic carbocycles. The highest BCUT2D eigenvalue weighted by Gasteiger charge is 2.42. The number of aliphatic hydroxyl groups is 1. The van der Waals surface area contributed by atoms with Gasteiger partial charge in [-0.1, -0.05) is 0 Å². The van der Waals surface area contributed by atoms with E-state index in [0.29, 0.717) is 16.9 Å². The van der Waals surface area contributed by atoms with Crippen LogP contribution in [0.25, 0.3) is 6.08 Å². The summed E-state index contributed by atoms with van der Waals surface area (Å²) in [6, 6.07) is 1.62. The van der Waals surface area contributed by atoms with Gasteiger partial charge in [-0.25, -0.2) is 9.78 Å². The van der Waals surface area contributed by atoms with E-state index in [1.165, 1.54) is 12.3 Å². The predicted molar refractivity (Wildman–Crippen MR) is 75.5 cm³/mol. The van der Waals surface area contributed by atoms with Gasteiger partial charge in [-0.05, 0) is 31.6 Å². The van der Waals surface area contributed by atoms with Crippen LogP contribution in [0.2, 0.25) is 0 Å². The average molecular weight is 299 g/mol. The maximum atomic E-state index is 11.8. The number of carbonyl (C=O) groups is 2. The first-order chi connectivity index (χ1) is 8.82. The van der Waals surface area contributed by atoms with Crippen LogP contribution in [-0.4, -0.2) is 27.1 Å². The smallest absolute Gasteiger partial charge is 0.328 e. The van der Waals surface area contributed by atoms with Crippen molar-refractivity contribution in [2.24, 2.45) is 5.41 Å². The fraction of sp³-hybridized carbons (Fsp3) is 0.308. The van der Waals surface area contributed by atoms with Gasteiger partial charge in [0.2, 0.25) is 5.91 Å². The van der Waals surface area contributed by atoms with E-state index in [0.717, 1.165) is 6.08 Å². The number of nitrogens with one attached hydrogen (secondary N) is 1. The molecular formula is C13H15ClN2O4. The number of carbonyl (C=O) groups excluding carboxylic acids is 1. The highest BCUT2D eigenvalue weighted by Crippen LogP contribution is 2.41. The van der Waals surface area contributed by atoms with Crippen molar-refractivity contribution < 1.29 is 19.8 Å². The largest absolute Gasteiger partial charge is 0.478 e. The normalized spacial score (nSPS) is 19.9. The summed E-state index contributed by atoms with van der Waals surface area (Å²) in [5.74, 6) is -1.05. The first-order valence-electron chi connectivity index (χ1n) is 5.73. The number of halogens is 1. The van der Waals surface area contributed by atoms with Crippen LogP contribution in [0.1, 0.15) is 31.1 Å². The van der Waals surface area contributed by atoms with E-state index < -0.39 is 17.5 Å². The molecule has 1 unspecified atom stereocenters. The molecule has 0 spiro atoms. The van der Waals surface area contributed by atoms with Gasteiger partial charge in [0.25, 0.3) is 0 Å². The average Bonchev–Trinajstić information content (AvgIpc) is 2.35. The zero-order valence-electron chi connectivity index (χ0n) is 11.0.